The van der Waals surface area contributed by atoms with E-state index in [2.05, 4.69) is 10.0 Å². The fraction of sp³-hybridized carbons (Fsp3) is 0.278. The van der Waals surface area contributed by atoms with E-state index in [0.717, 1.165) is 25.5 Å². The number of anilines is 2. The molecule has 25 heavy (non-hydrogen) atoms. The summed E-state index contributed by atoms with van der Waals surface area (Å²) in [6.07, 6.45) is 4.36. The van der Waals surface area contributed by atoms with Gasteiger partial charge in [0, 0.05) is 0 Å². The second-order valence-corrected chi connectivity index (χ2v) is 7.79. The Morgan fingerprint density at radius 1 is 1.08 bits per heavy atom. The van der Waals surface area contributed by atoms with Crippen LogP contribution in [0.5, 0.6) is 5.75 Å². The number of hydrogen-bond acceptors (Lipinski definition) is 4. The predicted molar refractivity (Wildman–Crippen MR) is 97.5 cm³/mol. The molecule has 0 saturated carbocycles. The maximum absolute atomic E-state index is 12.1. The Morgan fingerprint density at radius 2 is 1.80 bits per heavy atom. The average molecular weight is 360 g/mol. The van der Waals surface area contributed by atoms with Gasteiger partial charge in [-0.2, -0.15) is 0 Å². The van der Waals surface area contributed by atoms with Crippen molar-refractivity contribution in [3.05, 3.63) is 53.6 Å². The second-order valence-electron chi connectivity index (χ2n) is 6.04. The summed E-state index contributed by atoms with van der Waals surface area (Å²) in [5.41, 5.74) is 3.32. The van der Waals surface area contributed by atoms with E-state index in [1.54, 1.807) is 24.3 Å². The van der Waals surface area contributed by atoms with Crippen molar-refractivity contribution in [3.63, 3.8) is 0 Å². The van der Waals surface area contributed by atoms with Crippen LogP contribution in [0.15, 0.2) is 42.5 Å². The number of hydrogen-bond donors (Lipinski definition) is 2. The zero-order chi connectivity index (χ0) is 17.9. The molecule has 2 aromatic carbocycles. The summed E-state index contributed by atoms with van der Waals surface area (Å²) >= 11 is 0. The minimum Gasteiger partial charge on any atom is -0.484 e. The van der Waals surface area contributed by atoms with Gasteiger partial charge < -0.3 is 10.1 Å². The van der Waals surface area contributed by atoms with Crippen molar-refractivity contribution in [2.24, 2.45) is 0 Å². The van der Waals surface area contributed by atoms with Crippen LogP contribution in [0.3, 0.4) is 0 Å². The maximum atomic E-state index is 12.1. The molecular formula is C18H20N2O4S. The first kappa shape index (κ1) is 17.3. The number of fused-ring (bicyclic) bond motifs is 1. The highest BCUT2D eigenvalue weighted by molar-refractivity contribution is 7.92. The quantitative estimate of drug-likeness (QED) is 0.829. The molecule has 0 bridgehead atoms. The molecule has 0 fully saturated rings. The Bertz CT molecular complexity index is 894. The molecule has 6 nitrogen and oxygen atoms in total. The molecule has 1 aliphatic rings. The van der Waals surface area contributed by atoms with Crippen LogP contribution in [0.25, 0.3) is 0 Å². The van der Waals surface area contributed by atoms with Crippen LogP contribution in [0.4, 0.5) is 11.4 Å². The number of amides is 1. The highest BCUT2D eigenvalue weighted by Crippen LogP contribution is 2.26. The predicted octanol–water partition coefficient (Wildman–Crippen LogP) is 2.56. The van der Waals surface area contributed by atoms with Gasteiger partial charge in [0.05, 0.1) is 17.6 Å². The van der Waals surface area contributed by atoms with Crippen LogP contribution < -0.4 is 14.8 Å². The lowest BCUT2D eigenvalue weighted by Crippen LogP contribution is -2.21. The number of ether oxygens (including phenoxy) is 1. The van der Waals surface area contributed by atoms with Crippen LogP contribution in [0.2, 0.25) is 0 Å². The van der Waals surface area contributed by atoms with Gasteiger partial charge in [-0.3, -0.25) is 9.52 Å². The molecule has 132 valence electrons. The Hall–Kier alpha value is -2.54. The summed E-state index contributed by atoms with van der Waals surface area (Å²) in [6.45, 7) is -0.147. The lowest BCUT2D eigenvalue weighted by atomic mass is 10.1. The Labute approximate surface area is 147 Å². The molecule has 2 aromatic rings. The summed E-state index contributed by atoms with van der Waals surface area (Å²) in [5, 5.41) is 2.66. The Morgan fingerprint density at radius 3 is 2.56 bits per heavy atom. The Kier molecular flexibility index (Phi) is 4.94. The normalized spacial score (nSPS) is 13.2. The van der Waals surface area contributed by atoms with E-state index in [1.165, 1.54) is 11.1 Å². The van der Waals surface area contributed by atoms with Crippen molar-refractivity contribution < 1.29 is 17.9 Å². The van der Waals surface area contributed by atoms with E-state index >= 15 is 0 Å². The standard InChI is InChI=1S/C18H20N2O4S/c1-25(22,23)20-17-8-3-2-7-16(17)19-18(21)12-24-15-10-9-13-5-4-6-14(13)11-15/h2-3,7-11,20H,4-6,12H2,1H3,(H,19,21). The molecule has 0 atom stereocenters. The van der Waals surface area contributed by atoms with Crippen molar-refractivity contribution in [2.75, 3.05) is 22.9 Å². The van der Waals surface area contributed by atoms with Gasteiger partial charge in [-0.15, -0.1) is 0 Å². The van der Waals surface area contributed by atoms with Crippen molar-refractivity contribution in [1.29, 1.82) is 0 Å². The molecule has 7 heteroatoms. The molecule has 0 aliphatic heterocycles. The SMILES string of the molecule is CS(=O)(=O)Nc1ccccc1NC(=O)COc1ccc2c(c1)CCC2. The molecule has 0 heterocycles. The first-order valence-corrected chi connectivity index (χ1v) is 9.91. The van der Waals surface area contributed by atoms with Gasteiger partial charge in [0.25, 0.3) is 5.91 Å². The van der Waals surface area contributed by atoms with Gasteiger partial charge in [-0.05, 0) is 54.7 Å². The summed E-state index contributed by atoms with van der Waals surface area (Å²) in [4.78, 5) is 12.1. The molecule has 1 aliphatic carbocycles. The van der Waals surface area contributed by atoms with Crippen molar-refractivity contribution in [1.82, 2.24) is 0 Å². The van der Waals surface area contributed by atoms with Crippen LogP contribution in [0, 0.1) is 0 Å². The zero-order valence-corrected chi connectivity index (χ0v) is 14.7. The molecule has 0 aromatic heterocycles. The molecule has 3 rings (SSSR count). The third kappa shape index (κ3) is 4.73. The van der Waals surface area contributed by atoms with Gasteiger partial charge in [0.2, 0.25) is 10.0 Å². The summed E-state index contributed by atoms with van der Waals surface area (Å²) < 4.78 is 30.7. The number of carbonyl (C=O) groups is 1. The van der Waals surface area contributed by atoms with E-state index in [4.69, 9.17) is 4.74 Å². The molecule has 0 spiro atoms. The number of para-hydroxylation sites is 2. The second kappa shape index (κ2) is 7.14. The van der Waals surface area contributed by atoms with Crippen LogP contribution in [-0.4, -0.2) is 27.2 Å². The number of nitrogens with one attached hydrogen (secondary N) is 2. The van der Waals surface area contributed by atoms with Crippen LogP contribution >= 0.6 is 0 Å². The smallest absolute Gasteiger partial charge is 0.262 e. The van der Waals surface area contributed by atoms with E-state index in [0.29, 0.717) is 17.1 Å². The number of aryl methyl sites for hydroxylation is 2. The fourth-order valence-corrected chi connectivity index (χ4v) is 3.43. The van der Waals surface area contributed by atoms with Gasteiger partial charge >= 0.3 is 0 Å². The highest BCUT2D eigenvalue weighted by Gasteiger charge is 2.13. The van der Waals surface area contributed by atoms with Crippen molar-refractivity contribution in [2.45, 2.75) is 19.3 Å². The number of sulfonamides is 1. The van der Waals surface area contributed by atoms with Crippen molar-refractivity contribution >= 4 is 27.3 Å². The van der Waals surface area contributed by atoms with Gasteiger partial charge in [-0.1, -0.05) is 18.2 Å². The third-order valence-electron chi connectivity index (χ3n) is 3.94. The number of carbonyl (C=O) groups excluding carboxylic acids is 1. The van der Waals surface area contributed by atoms with Gasteiger partial charge in [-0.25, -0.2) is 8.42 Å². The van der Waals surface area contributed by atoms with Crippen LogP contribution in [0.1, 0.15) is 17.5 Å². The largest absolute Gasteiger partial charge is 0.484 e. The lowest BCUT2D eigenvalue weighted by Gasteiger charge is -2.12. The maximum Gasteiger partial charge on any atom is 0.262 e. The molecule has 0 saturated heterocycles. The molecule has 0 unspecified atom stereocenters. The Balaban J connectivity index is 1.61. The molecule has 2 N–H and O–H groups in total. The van der Waals surface area contributed by atoms with E-state index in [9.17, 15) is 13.2 Å². The number of rotatable bonds is 6. The topological polar surface area (TPSA) is 84.5 Å². The van der Waals surface area contributed by atoms with Crippen molar-refractivity contribution in [3.8, 4) is 5.75 Å². The van der Waals surface area contributed by atoms with E-state index in [-0.39, 0.29) is 12.5 Å². The van der Waals surface area contributed by atoms with E-state index < -0.39 is 10.0 Å². The van der Waals surface area contributed by atoms with Gasteiger partial charge in [0.1, 0.15) is 5.75 Å². The molecular weight excluding hydrogens is 340 g/mol. The summed E-state index contributed by atoms with van der Waals surface area (Å²) in [6, 6.07) is 12.5. The monoisotopic (exact) mass is 360 g/mol. The zero-order valence-electron chi connectivity index (χ0n) is 13.9. The molecule has 1 amide bonds. The van der Waals surface area contributed by atoms with Gasteiger partial charge in [0.15, 0.2) is 6.61 Å². The lowest BCUT2D eigenvalue weighted by molar-refractivity contribution is -0.118. The van der Waals surface area contributed by atoms with E-state index in [1.807, 2.05) is 18.2 Å². The highest BCUT2D eigenvalue weighted by atomic mass is 32.2. The summed E-state index contributed by atoms with van der Waals surface area (Å²) in [7, 11) is -3.43. The number of benzene rings is 2. The fourth-order valence-electron chi connectivity index (χ4n) is 2.85. The summed E-state index contributed by atoms with van der Waals surface area (Å²) in [5.74, 6) is 0.307. The van der Waals surface area contributed by atoms with Crippen LogP contribution in [-0.2, 0) is 27.7 Å². The minimum atomic E-state index is -3.43. The average Bonchev–Trinajstić information content (AvgIpc) is 3.01. The first-order chi connectivity index (χ1) is 11.9. The molecule has 0 radical (unpaired) electrons. The first-order valence-electron chi connectivity index (χ1n) is 8.02. The third-order valence-corrected chi connectivity index (χ3v) is 4.53. The minimum absolute atomic E-state index is 0.147.